The molecular weight excluding hydrogens is 520 g/mol. The molecule has 2 aromatic heterocycles. The molecule has 0 bridgehead atoms. The average molecular weight is 555 g/mol. The van der Waals surface area contributed by atoms with Gasteiger partial charge in [0.15, 0.2) is 0 Å². The minimum atomic E-state index is -0.112. The first-order valence-electron chi connectivity index (χ1n) is 14.0. The van der Waals surface area contributed by atoms with Gasteiger partial charge in [-0.25, -0.2) is 0 Å². The molecule has 0 spiro atoms. The van der Waals surface area contributed by atoms with E-state index in [9.17, 15) is 0 Å². The van der Waals surface area contributed by atoms with Gasteiger partial charge in [0.1, 0.15) is 0 Å². The smallest absolute Gasteiger partial charge is 0.0983 e. The van der Waals surface area contributed by atoms with Crippen LogP contribution in [-0.2, 0) is 22.7 Å². The highest BCUT2D eigenvalue weighted by molar-refractivity contribution is 5.77. The van der Waals surface area contributed by atoms with E-state index >= 15 is 0 Å². The van der Waals surface area contributed by atoms with Crippen LogP contribution in [0.15, 0.2) is 144 Å². The average Bonchev–Trinajstić information content (AvgIpc) is 3.06. The molecule has 0 radical (unpaired) electrons. The second-order valence-corrected chi connectivity index (χ2v) is 9.77. The van der Waals surface area contributed by atoms with E-state index in [0.717, 1.165) is 33.6 Å². The highest BCUT2D eigenvalue weighted by Crippen LogP contribution is 2.20. The Hall–Kier alpha value is -4.78. The quantitative estimate of drug-likeness (QED) is 0.136. The van der Waals surface area contributed by atoms with Crippen molar-refractivity contribution in [1.82, 2.24) is 9.97 Å². The molecule has 5 rings (SSSR count). The molecule has 2 atom stereocenters. The number of nitrogens with zero attached hydrogens (tertiary/aromatic N) is 4. The number of ether oxygens (including phenoxy) is 2. The van der Waals surface area contributed by atoms with Gasteiger partial charge in [-0.2, -0.15) is 0 Å². The Labute approximate surface area is 247 Å². The number of benzene rings is 3. The zero-order valence-corrected chi connectivity index (χ0v) is 23.4. The van der Waals surface area contributed by atoms with Gasteiger partial charge >= 0.3 is 0 Å². The van der Waals surface area contributed by atoms with E-state index in [1.165, 1.54) is 0 Å². The van der Waals surface area contributed by atoms with Gasteiger partial charge in [-0.15, -0.1) is 0 Å². The van der Waals surface area contributed by atoms with Crippen LogP contribution >= 0.6 is 0 Å². The van der Waals surface area contributed by atoms with E-state index < -0.39 is 0 Å². The number of aromatic nitrogens is 2. The fourth-order valence-electron chi connectivity index (χ4n) is 4.35. The number of aliphatic imine (C=N–C) groups is 2. The lowest BCUT2D eigenvalue weighted by molar-refractivity contribution is 0.107. The molecule has 0 saturated carbocycles. The molecule has 0 aliphatic carbocycles. The maximum Gasteiger partial charge on any atom is 0.0983 e. The first-order valence-corrected chi connectivity index (χ1v) is 14.0. The summed E-state index contributed by atoms with van der Waals surface area (Å²) in [5, 5.41) is 0. The van der Waals surface area contributed by atoms with Crippen molar-refractivity contribution in [2.45, 2.75) is 25.3 Å². The molecule has 0 saturated heterocycles. The molecule has 6 nitrogen and oxygen atoms in total. The van der Waals surface area contributed by atoms with Crippen LogP contribution in [0.3, 0.4) is 0 Å². The van der Waals surface area contributed by atoms with Crippen LogP contribution in [0.1, 0.15) is 45.7 Å². The van der Waals surface area contributed by atoms with E-state index in [4.69, 9.17) is 19.5 Å². The summed E-state index contributed by atoms with van der Waals surface area (Å²) >= 11 is 0. The Morgan fingerprint density at radius 1 is 0.500 bits per heavy atom. The maximum absolute atomic E-state index is 6.10. The second kappa shape index (κ2) is 15.9. The topological polar surface area (TPSA) is 69.0 Å². The van der Waals surface area contributed by atoms with Crippen LogP contribution in [0, 0.1) is 0 Å². The number of hydrogen-bond acceptors (Lipinski definition) is 6. The van der Waals surface area contributed by atoms with E-state index in [1.54, 1.807) is 12.4 Å². The molecule has 0 amide bonds. The summed E-state index contributed by atoms with van der Waals surface area (Å²) in [6.45, 7) is 1.94. The lowest BCUT2D eigenvalue weighted by atomic mass is 10.1. The molecule has 5 aromatic rings. The summed E-state index contributed by atoms with van der Waals surface area (Å²) in [6.07, 6.45) is 7.15. The third-order valence-electron chi connectivity index (χ3n) is 6.63. The predicted octanol–water partition coefficient (Wildman–Crippen LogP) is 7.23. The third kappa shape index (κ3) is 9.13. The molecule has 0 fully saturated rings. The number of hydrogen-bond donors (Lipinski definition) is 0. The highest BCUT2D eigenvalue weighted by atomic mass is 16.5. The predicted molar refractivity (Wildman–Crippen MR) is 168 cm³/mol. The molecule has 1 unspecified atom stereocenters. The maximum atomic E-state index is 6.10. The normalized spacial score (nSPS) is 13.0. The molecule has 42 heavy (non-hydrogen) atoms. The van der Waals surface area contributed by atoms with Crippen LogP contribution in [0.2, 0.25) is 0 Å². The highest BCUT2D eigenvalue weighted by Gasteiger charge is 2.11. The van der Waals surface area contributed by atoms with Crippen molar-refractivity contribution in [3.63, 3.8) is 0 Å². The lowest BCUT2D eigenvalue weighted by Crippen LogP contribution is -2.08. The minimum absolute atomic E-state index is 0.112. The van der Waals surface area contributed by atoms with Gasteiger partial charge in [-0.1, -0.05) is 97.1 Å². The largest absolute Gasteiger partial charge is 0.374 e. The minimum Gasteiger partial charge on any atom is -0.374 e. The summed E-state index contributed by atoms with van der Waals surface area (Å²) in [5.41, 5.74) is 6.06. The first kappa shape index (κ1) is 28.7. The van der Waals surface area contributed by atoms with E-state index in [0.29, 0.717) is 26.4 Å². The molecular formula is C36H34N4O2. The van der Waals surface area contributed by atoms with Crippen molar-refractivity contribution in [3.8, 4) is 0 Å². The molecule has 0 aliphatic rings. The van der Waals surface area contributed by atoms with Crippen LogP contribution in [0.4, 0.5) is 0 Å². The Balaban J connectivity index is 1.13. The van der Waals surface area contributed by atoms with Crippen LogP contribution in [0.25, 0.3) is 0 Å². The van der Waals surface area contributed by atoms with E-state index in [2.05, 4.69) is 58.5 Å². The summed E-state index contributed by atoms with van der Waals surface area (Å²) in [4.78, 5) is 18.2. The van der Waals surface area contributed by atoms with Gasteiger partial charge in [0, 0.05) is 24.8 Å². The Bertz CT molecular complexity index is 1390. The van der Waals surface area contributed by atoms with Gasteiger partial charge < -0.3 is 9.47 Å². The second-order valence-electron chi connectivity index (χ2n) is 9.77. The van der Waals surface area contributed by atoms with Crippen LogP contribution in [0.5, 0.6) is 0 Å². The Kier molecular flexibility index (Phi) is 10.9. The van der Waals surface area contributed by atoms with Gasteiger partial charge in [0.25, 0.3) is 0 Å². The van der Waals surface area contributed by atoms with Crippen molar-refractivity contribution in [2.75, 3.05) is 13.2 Å². The first-order chi connectivity index (χ1) is 20.8. The van der Waals surface area contributed by atoms with E-state index in [1.807, 2.05) is 85.2 Å². The zero-order valence-electron chi connectivity index (χ0n) is 23.4. The fraction of sp³-hybridized carbons (Fsp3) is 0.167. The molecule has 6 heteroatoms. The van der Waals surface area contributed by atoms with Gasteiger partial charge in [-0.05, 0) is 46.5 Å². The number of pyridine rings is 2. The van der Waals surface area contributed by atoms with Crippen molar-refractivity contribution >= 4 is 12.4 Å². The third-order valence-corrected chi connectivity index (χ3v) is 6.63. The van der Waals surface area contributed by atoms with E-state index in [-0.39, 0.29) is 12.1 Å². The SMILES string of the molecule is C(=NC(COCc1ccc(COC[C@H](N=Cc2ccccn2)c2ccccc2)cc1)c1ccccc1)c1ccccn1. The molecule has 0 aliphatic heterocycles. The fourth-order valence-corrected chi connectivity index (χ4v) is 4.35. The standard InChI is InChI=1S/C36H34N4O2/c1-3-11-31(12-4-1)35(39-23-33-15-7-9-21-37-33)27-41-25-29-17-19-30(20-18-29)26-42-28-36(32-13-5-2-6-14-32)40-24-34-16-8-10-22-38-34/h1-24,35-36H,25-28H2/t35-,36?/m0/s1. The van der Waals surface area contributed by atoms with Crippen molar-refractivity contribution < 1.29 is 9.47 Å². The Morgan fingerprint density at radius 3 is 1.29 bits per heavy atom. The van der Waals surface area contributed by atoms with Crippen LogP contribution in [-0.4, -0.2) is 35.6 Å². The Morgan fingerprint density at radius 2 is 0.905 bits per heavy atom. The molecule has 0 N–H and O–H groups in total. The summed E-state index contributed by atoms with van der Waals surface area (Å²) < 4.78 is 12.2. The van der Waals surface area contributed by atoms with Crippen LogP contribution < -0.4 is 0 Å². The van der Waals surface area contributed by atoms with Crippen molar-refractivity contribution in [1.29, 1.82) is 0 Å². The monoisotopic (exact) mass is 554 g/mol. The summed E-state index contributed by atoms with van der Waals surface area (Å²) in [6, 6.07) is 40.1. The van der Waals surface area contributed by atoms with Gasteiger partial charge in [0.05, 0.1) is 49.9 Å². The lowest BCUT2D eigenvalue weighted by Gasteiger charge is -2.14. The summed E-state index contributed by atoms with van der Waals surface area (Å²) in [5.74, 6) is 0. The number of rotatable bonds is 14. The molecule has 2 heterocycles. The van der Waals surface area contributed by atoms with Crippen molar-refractivity contribution in [2.24, 2.45) is 9.98 Å². The van der Waals surface area contributed by atoms with Crippen molar-refractivity contribution in [3.05, 3.63) is 167 Å². The van der Waals surface area contributed by atoms with Gasteiger partial charge in [0.2, 0.25) is 0 Å². The molecule has 3 aromatic carbocycles. The zero-order chi connectivity index (χ0) is 28.7. The summed E-state index contributed by atoms with van der Waals surface area (Å²) in [7, 11) is 0. The molecule has 210 valence electrons. The van der Waals surface area contributed by atoms with Gasteiger partial charge in [-0.3, -0.25) is 20.0 Å².